The Kier molecular flexibility index (Phi) is 3.34. The summed E-state index contributed by atoms with van der Waals surface area (Å²) in [6, 6.07) is 0. The normalized spacial score (nSPS) is 54.1. The second-order valence-corrected chi connectivity index (χ2v) is 8.65. The molecule has 0 heterocycles. The van der Waals surface area contributed by atoms with Gasteiger partial charge in [0.2, 0.25) is 0 Å². The van der Waals surface area contributed by atoms with Gasteiger partial charge in [-0.1, -0.05) is 20.8 Å². The predicted molar refractivity (Wildman–Crippen MR) is 80.4 cm³/mol. The van der Waals surface area contributed by atoms with E-state index in [1.165, 1.54) is 0 Å². The van der Waals surface area contributed by atoms with E-state index in [0.717, 1.165) is 0 Å². The van der Waals surface area contributed by atoms with Crippen molar-refractivity contribution in [2.45, 2.75) is 58.3 Å². The summed E-state index contributed by atoms with van der Waals surface area (Å²) in [6.45, 7) is 7.25. The maximum Gasteiger partial charge on any atom is 0.304 e. The average molecular weight is 326 g/mol. The maximum atomic E-state index is 13.1. The summed E-state index contributed by atoms with van der Waals surface area (Å²) in [5.41, 5.74) is -3.12. The highest BCUT2D eigenvalue weighted by Crippen LogP contribution is 2.72. The van der Waals surface area contributed by atoms with Crippen molar-refractivity contribution >= 4 is 11.8 Å². The standard InChI is InChI=1S/C17H26O6/c1-7-12(20)8(5-10(18)19)13(21)16(4)9-6-15(2,3)11(9)14(22)17(7,16)23/h7-9,11-12,14,20,22-23H,5-6H2,1-4H3,(H,18,19)/t7-,8-,9+,11-,12+,14+,16+,17-/m1/s1. The van der Waals surface area contributed by atoms with Crippen molar-refractivity contribution in [3.8, 4) is 0 Å². The number of carboxylic acid groups (broad SMARTS) is 1. The van der Waals surface area contributed by atoms with Crippen molar-refractivity contribution in [3.05, 3.63) is 0 Å². The van der Waals surface area contributed by atoms with E-state index in [0.29, 0.717) is 6.42 Å². The van der Waals surface area contributed by atoms with Crippen molar-refractivity contribution in [1.82, 2.24) is 0 Å². The summed E-state index contributed by atoms with van der Waals surface area (Å²) in [4.78, 5) is 24.2. The Bertz CT molecular complexity index is 571. The molecule has 0 aromatic heterocycles. The molecule has 0 aromatic rings. The van der Waals surface area contributed by atoms with Gasteiger partial charge in [0.1, 0.15) is 11.4 Å². The minimum absolute atomic E-state index is 0.184. The number of ketones is 1. The lowest BCUT2D eigenvalue weighted by Gasteiger charge is -2.56. The molecule has 3 saturated carbocycles. The zero-order valence-electron chi connectivity index (χ0n) is 14.0. The highest BCUT2D eigenvalue weighted by molar-refractivity contribution is 5.93. The molecule has 0 amide bonds. The molecule has 23 heavy (non-hydrogen) atoms. The number of carbonyl (C=O) groups excluding carboxylic acids is 1. The first-order valence-corrected chi connectivity index (χ1v) is 8.25. The van der Waals surface area contributed by atoms with Crippen LogP contribution in [-0.2, 0) is 9.59 Å². The largest absolute Gasteiger partial charge is 0.481 e. The van der Waals surface area contributed by atoms with Gasteiger partial charge >= 0.3 is 5.97 Å². The second kappa shape index (κ2) is 4.55. The van der Waals surface area contributed by atoms with E-state index < -0.39 is 53.2 Å². The fraction of sp³-hybridized carbons (Fsp3) is 0.882. The first kappa shape index (κ1) is 16.9. The molecule has 0 radical (unpaired) electrons. The monoisotopic (exact) mass is 326 g/mol. The van der Waals surface area contributed by atoms with Crippen LogP contribution in [0, 0.1) is 34.5 Å². The zero-order chi connectivity index (χ0) is 17.5. The minimum atomic E-state index is -1.72. The van der Waals surface area contributed by atoms with Crippen LogP contribution in [0.4, 0.5) is 0 Å². The summed E-state index contributed by atoms with van der Waals surface area (Å²) < 4.78 is 0. The summed E-state index contributed by atoms with van der Waals surface area (Å²) in [7, 11) is 0. The molecule has 4 N–H and O–H groups in total. The van der Waals surface area contributed by atoms with Crippen LogP contribution in [0.25, 0.3) is 0 Å². The molecule has 0 aromatic carbocycles. The molecule has 0 aliphatic heterocycles. The molecule has 3 aliphatic rings. The number of fused-ring (bicyclic) bond motifs is 3. The smallest absolute Gasteiger partial charge is 0.304 e. The lowest BCUT2D eigenvalue weighted by Crippen LogP contribution is -2.68. The van der Waals surface area contributed by atoms with Gasteiger partial charge in [-0.3, -0.25) is 9.59 Å². The molecular weight excluding hydrogens is 300 g/mol. The topological polar surface area (TPSA) is 115 Å². The molecule has 3 fully saturated rings. The van der Waals surface area contributed by atoms with Crippen molar-refractivity contribution < 1.29 is 30.0 Å². The fourth-order valence-corrected chi connectivity index (χ4v) is 5.98. The fourth-order valence-electron chi connectivity index (χ4n) is 5.98. The molecular formula is C17H26O6. The van der Waals surface area contributed by atoms with E-state index in [-0.39, 0.29) is 17.3 Å². The summed E-state index contributed by atoms with van der Waals surface area (Å²) in [5.74, 6) is -3.79. The molecule has 3 rings (SSSR count). The van der Waals surface area contributed by atoms with Gasteiger partial charge in [-0.15, -0.1) is 0 Å². The van der Waals surface area contributed by atoms with Gasteiger partial charge in [0, 0.05) is 5.92 Å². The van der Waals surface area contributed by atoms with Crippen molar-refractivity contribution in [2.75, 3.05) is 0 Å². The summed E-state index contributed by atoms with van der Waals surface area (Å²) in [6.07, 6.45) is -2.12. The van der Waals surface area contributed by atoms with Gasteiger partial charge < -0.3 is 20.4 Å². The Morgan fingerprint density at radius 3 is 2.30 bits per heavy atom. The lowest BCUT2D eigenvalue weighted by atomic mass is 9.48. The van der Waals surface area contributed by atoms with Crippen molar-refractivity contribution in [2.24, 2.45) is 34.5 Å². The van der Waals surface area contributed by atoms with Crippen molar-refractivity contribution in [3.63, 3.8) is 0 Å². The number of carboxylic acids is 1. The number of carbonyl (C=O) groups is 2. The van der Waals surface area contributed by atoms with Gasteiger partial charge in [-0.05, 0) is 30.6 Å². The van der Waals surface area contributed by atoms with Gasteiger partial charge in [0.25, 0.3) is 0 Å². The number of hydrogen-bond donors (Lipinski definition) is 4. The van der Waals surface area contributed by atoms with Crippen LogP contribution in [0.15, 0.2) is 0 Å². The molecule has 130 valence electrons. The molecule has 0 bridgehead atoms. The Morgan fingerprint density at radius 1 is 1.26 bits per heavy atom. The van der Waals surface area contributed by atoms with Crippen LogP contribution in [0.3, 0.4) is 0 Å². The lowest BCUT2D eigenvalue weighted by molar-refractivity contribution is -0.215. The maximum absolute atomic E-state index is 13.1. The van der Waals surface area contributed by atoms with E-state index in [2.05, 4.69) is 0 Å². The number of Topliss-reactive ketones (excluding diaryl/α,β-unsaturated/α-hetero) is 1. The Hall–Kier alpha value is -0.980. The van der Waals surface area contributed by atoms with E-state index >= 15 is 0 Å². The van der Waals surface area contributed by atoms with E-state index in [1.807, 2.05) is 13.8 Å². The molecule has 0 unspecified atom stereocenters. The molecule has 0 saturated heterocycles. The summed E-state index contributed by atoms with van der Waals surface area (Å²) in [5, 5.41) is 41.7. The van der Waals surface area contributed by atoms with Crippen LogP contribution in [0.2, 0.25) is 0 Å². The number of hydrogen-bond acceptors (Lipinski definition) is 5. The number of aliphatic carboxylic acids is 1. The Morgan fingerprint density at radius 2 is 1.83 bits per heavy atom. The molecule has 6 heteroatoms. The SMILES string of the molecule is C[C@@H]1[C@H](O)[C@@H](CC(=O)O)C(=O)[C@]2(C)[C@H]3CC(C)(C)[C@H]3[C@H](O)[C@]12O. The first-order chi connectivity index (χ1) is 10.4. The van der Waals surface area contributed by atoms with Gasteiger partial charge in [-0.25, -0.2) is 0 Å². The average Bonchev–Trinajstić information content (AvgIpc) is 2.59. The van der Waals surface area contributed by atoms with Gasteiger partial charge in [0.05, 0.1) is 30.0 Å². The predicted octanol–water partition coefficient (Wildman–Crippen LogP) is 0.431. The van der Waals surface area contributed by atoms with E-state index in [9.17, 15) is 24.9 Å². The highest BCUT2D eigenvalue weighted by Gasteiger charge is 2.80. The van der Waals surface area contributed by atoms with Crippen LogP contribution >= 0.6 is 0 Å². The third-order valence-electron chi connectivity index (χ3n) is 7.31. The Balaban J connectivity index is 2.10. The van der Waals surface area contributed by atoms with Crippen LogP contribution in [0.5, 0.6) is 0 Å². The first-order valence-electron chi connectivity index (χ1n) is 8.25. The number of aliphatic hydroxyl groups excluding tert-OH is 2. The molecule has 3 aliphatic carbocycles. The molecule has 0 spiro atoms. The van der Waals surface area contributed by atoms with E-state index in [4.69, 9.17) is 5.11 Å². The van der Waals surface area contributed by atoms with Gasteiger partial charge in [-0.2, -0.15) is 0 Å². The Labute approximate surface area is 135 Å². The highest BCUT2D eigenvalue weighted by atomic mass is 16.4. The molecule has 6 nitrogen and oxygen atoms in total. The van der Waals surface area contributed by atoms with Crippen LogP contribution in [0.1, 0.15) is 40.5 Å². The van der Waals surface area contributed by atoms with Gasteiger partial charge in [0.15, 0.2) is 0 Å². The molecule has 8 atom stereocenters. The second-order valence-electron chi connectivity index (χ2n) is 8.65. The third kappa shape index (κ3) is 1.69. The number of rotatable bonds is 2. The summed E-state index contributed by atoms with van der Waals surface area (Å²) >= 11 is 0. The number of aliphatic hydroxyl groups is 3. The van der Waals surface area contributed by atoms with E-state index in [1.54, 1.807) is 13.8 Å². The quantitative estimate of drug-likeness (QED) is 0.585. The van der Waals surface area contributed by atoms with Crippen LogP contribution in [-0.4, -0.2) is 50.0 Å². The van der Waals surface area contributed by atoms with Crippen molar-refractivity contribution in [1.29, 1.82) is 0 Å². The minimum Gasteiger partial charge on any atom is -0.481 e. The zero-order valence-corrected chi connectivity index (χ0v) is 14.0. The van der Waals surface area contributed by atoms with Crippen LogP contribution < -0.4 is 0 Å². The third-order valence-corrected chi connectivity index (χ3v) is 7.31.